The Morgan fingerprint density at radius 3 is 2.39 bits per heavy atom. The Hall–Kier alpha value is -4.37. The van der Waals surface area contributed by atoms with E-state index >= 15 is 0 Å². The zero-order valence-corrected chi connectivity index (χ0v) is 23.1. The Morgan fingerprint density at radius 2 is 1.78 bits per heavy atom. The molecular weight excluding hydrogens is 635 g/mol. The molecule has 0 unspecified atom stereocenters. The molecule has 212 valence electrons. The first-order valence-electron chi connectivity index (χ1n) is 11.4. The van der Waals surface area contributed by atoms with Crippen LogP contribution in [0.5, 0.6) is 17.2 Å². The third kappa shape index (κ3) is 7.05. The number of hydrogen-bond acceptors (Lipinski definition) is 8. The van der Waals surface area contributed by atoms with E-state index in [2.05, 4.69) is 21.2 Å². The van der Waals surface area contributed by atoms with Crippen LogP contribution in [-0.2, 0) is 15.8 Å². The number of methoxy groups -OCH3 is 1. The molecular formula is C26H17BrF3N3O7S. The van der Waals surface area contributed by atoms with Crippen LogP contribution >= 0.6 is 27.7 Å². The SMILES string of the molecule is COc1ccc(NC(=O)CN2C(=O)S/C(=C/c3ccc(Oc4ccc(C(F)(F)F)cc4[N+](=O)[O-])c(Br)c3)C2=O)cc1. The van der Waals surface area contributed by atoms with E-state index in [0.29, 0.717) is 40.9 Å². The summed E-state index contributed by atoms with van der Waals surface area (Å²) in [6.07, 6.45) is -3.37. The summed E-state index contributed by atoms with van der Waals surface area (Å²) in [4.78, 5) is 48.9. The number of alkyl halides is 3. The maximum atomic E-state index is 13.0. The molecule has 1 N–H and O–H groups in total. The van der Waals surface area contributed by atoms with Crippen molar-refractivity contribution in [1.82, 2.24) is 4.90 Å². The Balaban J connectivity index is 1.46. The minimum atomic E-state index is -4.77. The topological polar surface area (TPSA) is 128 Å². The number of nitro benzene ring substituents is 1. The zero-order chi connectivity index (χ0) is 29.9. The largest absolute Gasteiger partial charge is 0.497 e. The van der Waals surface area contributed by atoms with Crippen molar-refractivity contribution in [3.8, 4) is 17.2 Å². The Kier molecular flexibility index (Phi) is 8.68. The van der Waals surface area contributed by atoms with Gasteiger partial charge in [0.05, 0.1) is 27.0 Å². The van der Waals surface area contributed by atoms with Gasteiger partial charge >= 0.3 is 11.9 Å². The molecule has 3 aromatic carbocycles. The predicted octanol–water partition coefficient (Wildman–Crippen LogP) is 6.85. The van der Waals surface area contributed by atoms with Crippen LogP contribution in [-0.4, -0.2) is 40.5 Å². The van der Waals surface area contributed by atoms with E-state index in [0.717, 1.165) is 11.0 Å². The van der Waals surface area contributed by atoms with E-state index in [1.165, 1.54) is 31.4 Å². The number of nitro groups is 1. The van der Waals surface area contributed by atoms with Gasteiger partial charge in [-0.2, -0.15) is 13.2 Å². The van der Waals surface area contributed by atoms with Gasteiger partial charge in [-0.25, -0.2) is 0 Å². The summed E-state index contributed by atoms with van der Waals surface area (Å²) in [6, 6.07) is 12.7. The molecule has 1 saturated heterocycles. The molecule has 0 bridgehead atoms. The molecule has 1 aliphatic rings. The lowest BCUT2D eigenvalue weighted by molar-refractivity contribution is -0.385. The van der Waals surface area contributed by atoms with Crippen molar-refractivity contribution in [2.24, 2.45) is 0 Å². The first-order valence-corrected chi connectivity index (χ1v) is 13.0. The van der Waals surface area contributed by atoms with E-state index in [-0.39, 0.29) is 15.1 Å². The first kappa shape index (κ1) is 29.6. The minimum Gasteiger partial charge on any atom is -0.497 e. The van der Waals surface area contributed by atoms with Crippen molar-refractivity contribution in [2.75, 3.05) is 19.0 Å². The van der Waals surface area contributed by atoms with Gasteiger partial charge in [0.25, 0.3) is 11.1 Å². The molecule has 1 aliphatic heterocycles. The van der Waals surface area contributed by atoms with Gasteiger partial charge in [0, 0.05) is 11.8 Å². The molecule has 0 aliphatic carbocycles. The molecule has 3 amide bonds. The number of carbonyl (C=O) groups excluding carboxylic acids is 3. The van der Waals surface area contributed by atoms with E-state index in [1.807, 2.05) is 0 Å². The molecule has 3 aromatic rings. The molecule has 10 nitrogen and oxygen atoms in total. The van der Waals surface area contributed by atoms with E-state index < -0.39 is 51.7 Å². The van der Waals surface area contributed by atoms with Gasteiger partial charge in [0.15, 0.2) is 0 Å². The molecule has 0 spiro atoms. The molecule has 1 fully saturated rings. The number of thioether (sulfide) groups is 1. The van der Waals surface area contributed by atoms with Gasteiger partial charge < -0.3 is 14.8 Å². The quantitative estimate of drug-likeness (QED) is 0.159. The fourth-order valence-corrected chi connectivity index (χ4v) is 4.85. The van der Waals surface area contributed by atoms with E-state index in [1.54, 1.807) is 24.3 Å². The molecule has 0 saturated carbocycles. The predicted molar refractivity (Wildman–Crippen MR) is 147 cm³/mol. The highest BCUT2D eigenvalue weighted by molar-refractivity contribution is 9.10. The van der Waals surface area contributed by atoms with Gasteiger partial charge in [-0.15, -0.1) is 0 Å². The number of rotatable bonds is 8. The van der Waals surface area contributed by atoms with Gasteiger partial charge in [0.2, 0.25) is 11.7 Å². The number of amides is 3. The van der Waals surface area contributed by atoms with E-state index in [9.17, 15) is 37.7 Å². The van der Waals surface area contributed by atoms with Crippen molar-refractivity contribution < 1.29 is 42.0 Å². The van der Waals surface area contributed by atoms with Crippen LogP contribution in [0.4, 0.5) is 29.3 Å². The summed E-state index contributed by atoms with van der Waals surface area (Å²) in [5.74, 6) is -1.04. The Morgan fingerprint density at radius 1 is 1.10 bits per heavy atom. The second kappa shape index (κ2) is 12.0. The summed E-state index contributed by atoms with van der Waals surface area (Å²) < 4.78 is 49.7. The molecule has 15 heteroatoms. The van der Waals surface area contributed by atoms with Crippen molar-refractivity contribution in [3.63, 3.8) is 0 Å². The number of halogens is 4. The van der Waals surface area contributed by atoms with Crippen LogP contribution in [0.25, 0.3) is 6.08 Å². The lowest BCUT2D eigenvalue weighted by atomic mass is 10.1. The lowest BCUT2D eigenvalue weighted by Gasteiger charge is -2.12. The first-order chi connectivity index (χ1) is 19.3. The average molecular weight is 652 g/mol. The molecule has 41 heavy (non-hydrogen) atoms. The van der Waals surface area contributed by atoms with Crippen LogP contribution in [0.1, 0.15) is 11.1 Å². The zero-order valence-electron chi connectivity index (χ0n) is 20.7. The molecule has 0 atom stereocenters. The molecule has 1 heterocycles. The third-order valence-corrected chi connectivity index (χ3v) is 7.03. The highest BCUT2D eigenvalue weighted by atomic mass is 79.9. The smallest absolute Gasteiger partial charge is 0.416 e. The molecule has 4 rings (SSSR count). The number of hydrogen-bond donors (Lipinski definition) is 1. The van der Waals surface area contributed by atoms with Crippen LogP contribution in [0.15, 0.2) is 70.0 Å². The number of ether oxygens (including phenoxy) is 2. The lowest BCUT2D eigenvalue weighted by Crippen LogP contribution is -2.36. The Bertz CT molecular complexity index is 1580. The number of imide groups is 1. The van der Waals surface area contributed by atoms with Crippen molar-refractivity contribution in [3.05, 3.63) is 91.3 Å². The van der Waals surface area contributed by atoms with E-state index in [4.69, 9.17) is 9.47 Å². The summed E-state index contributed by atoms with van der Waals surface area (Å²) in [6.45, 7) is -0.504. The maximum Gasteiger partial charge on any atom is 0.416 e. The van der Waals surface area contributed by atoms with Crippen LogP contribution < -0.4 is 14.8 Å². The summed E-state index contributed by atoms with van der Waals surface area (Å²) in [5.41, 5.74) is -1.19. The second-order valence-electron chi connectivity index (χ2n) is 8.27. The fraction of sp³-hybridized carbons (Fsp3) is 0.115. The molecule has 0 aromatic heterocycles. The summed E-state index contributed by atoms with van der Waals surface area (Å²) >= 11 is 3.88. The van der Waals surface area contributed by atoms with Crippen molar-refractivity contribution in [1.29, 1.82) is 0 Å². The maximum absolute atomic E-state index is 13.0. The van der Waals surface area contributed by atoms with Crippen LogP contribution in [0.3, 0.4) is 0 Å². The highest BCUT2D eigenvalue weighted by Gasteiger charge is 2.36. The number of benzene rings is 3. The molecule has 0 radical (unpaired) electrons. The monoisotopic (exact) mass is 651 g/mol. The third-order valence-electron chi connectivity index (χ3n) is 5.51. The van der Waals surface area contributed by atoms with Gasteiger partial charge in [0.1, 0.15) is 18.0 Å². The van der Waals surface area contributed by atoms with Gasteiger partial charge in [-0.3, -0.25) is 29.4 Å². The summed E-state index contributed by atoms with van der Waals surface area (Å²) in [7, 11) is 1.50. The fourth-order valence-electron chi connectivity index (χ4n) is 3.54. The number of nitrogens with zero attached hydrogens (tertiary/aromatic N) is 2. The minimum absolute atomic E-state index is 0.0474. The standard InChI is InChI=1S/C26H17BrF3N3O7S/c1-39-17-6-4-16(5-7-17)31-23(34)13-32-24(35)22(41-25(32)36)11-14-2-8-20(18(27)10-14)40-21-9-3-15(26(28,29)30)12-19(21)33(37)38/h2-12H,13H2,1H3,(H,31,34)/b22-11+. The normalized spacial score (nSPS) is 14.4. The van der Waals surface area contributed by atoms with Gasteiger partial charge in [-0.1, -0.05) is 6.07 Å². The Labute approximate surface area is 242 Å². The van der Waals surface area contributed by atoms with Crippen LogP contribution in [0, 0.1) is 10.1 Å². The number of carbonyl (C=O) groups is 3. The van der Waals surface area contributed by atoms with Crippen molar-refractivity contribution in [2.45, 2.75) is 6.18 Å². The number of anilines is 1. The second-order valence-corrected chi connectivity index (χ2v) is 10.1. The van der Waals surface area contributed by atoms with Crippen molar-refractivity contribution >= 4 is 62.2 Å². The summed E-state index contributed by atoms with van der Waals surface area (Å²) in [5, 5.41) is 13.3. The average Bonchev–Trinajstić information content (AvgIpc) is 3.17. The highest BCUT2D eigenvalue weighted by Crippen LogP contribution is 2.40. The van der Waals surface area contributed by atoms with Crippen LogP contribution in [0.2, 0.25) is 0 Å². The van der Waals surface area contributed by atoms with Gasteiger partial charge in [-0.05, 0) is 87.9 Å². The number of nitrogens with one attached hydrogen (secondary N) is 1.